The molecule has 0 N–H and O–H groups in total. The highest BCUT2D eigenvalue weighted by Gasteiger charge is 2.44. The zero-order valence-electron chi connectivity index (χ0n) is 19.5. The molecule has 8 nitrogen and oxygen atoms in total. The number of thiazole rings is 2. The minimum absolute atomic E-state index is 0.230. The van der Waals surface area contributed by atoms with E-state index in [9.17, 15) is 19.2 Å². The highest BCUT2D eigenvalue weighted by molar-refractivity contribution is 7.26. The maximum absolute atomic E-state index is 13.7. The van der Waals surface area contributed by atoms with Crippen LogP contribution in [0.2, 0.25) is 0 Å². The number of hydrogen-bond acceptors (Lipinski definition) is 10. The maximum Gasteiger partial charge on any atom is 0.263 e. The van der Waals surface area contributed by atoms with Gasteiger partial charge in [0.2, 0.25) is 0 Å². The van der Waals surface area contributed by atoms with Crippen LogP contribution in [0.5, 0.6) is 0 Å². The Morgan fingerprint density at radius 2 is 1.00 bits per heavy atom. The summed E-state index contributed by atoms with van der Waals surface area (Å²) in [5.41, 5.74) is 1.79. The van der Waals surface area contributed by atoms with Gasteiger partial charge in [-0.05, 0) is 22.9 Å². The number of fused-ring (bicyclic) bond motifs is 6. The molecule has 2 aliphatic rings. The van der Waals surface area contributed by atoms with Gasteiger partial charge in [0.05, 0.1) is 52.4 Å². The molecule has 8 rings (SSSR count). The Bertz CT molecular complexity index is 1830. The number of carbonyl (C=O) groups excluding carboxylic acids is 4. The second kappa shape index (κ2) is 7.38. The van der Waals surface area contributed by atoms with E-state index < -0.39 is 23.6 Å². The van der Waals surface area contributed by atoms with Gasteiger partial charge in [-0.15, -0.1) is 45.3 Å². The smallest absolute Gasteiger partial charge is 0.263 e. The van der Waals surface area contributed by atoms with Gasteiger partial charge in [0, 0.05) is 24.9 Å². The molecule has 0 aliphatic carbocycles. The van der Waals surface area contributed by atoms with Crippen LogP contribution < -0.4 is 0 Å². The Morgan fingerprint density at radius 3 is 1.39 bits per heavy atom. The standard InChI is InChI=1S/C26H12N4O4S4/c1-29-23(31)13-11-12-15(19-17(13)27-21(37-19)9-5-3-7-35-9)25(33)30(2)26(34)16(12)20-18(14(11)24(29)32)28-22(38-20)10-6-4-8-36-10/h3-8H,1-2H3. The fourth-order valence-corrected chi connectivity index (χ4v) is 9.05. The number of thiophene rings is 2. The molecular formula is C26H12N4O4S4. The Morgan fingerprint density at radius 1 is 0.605 bits per heavy atom. The number of carbonyl (C=O) groups is 4. The fourth-order valence-electron chi connectivity index (χ4n) is 5.22. The first kappa shape index (κ1) is 22.2. The molecule has 4 amide bonds. The van der Waals surface area contributed by atoms with Crippen molar-refractivity contribution in [1.29, 1.82) is 0 Å². The van der Waals surface area contributed by atoms with Crippen LogP contribution in [0.1, 0.15) is 41.4 Å². The third-order valence-corrected chi connectivity index (χ3v) is 11.2. The molecular weight excluding hydrogens is 561 g/mol. The average molecular weight is 573 g/mol. The van der Waals surface area contributed by atoms with E-state index >= 15 is 0 Å². The molecule has 0 fully saturated rings. The van der Waals surface area contributed by atoms with Crippen LogP contribution in [0.25, 0.3) is 51.0 Å². The van der Waals surface area contributed by atoms with Crippen molar-refractivity contribution in [3.05, 3.63) is 57.3 Å². The number of aromatic nitrogens is 2. The number of amides is 4. The summed E-state index contributed by atoms with van der Waals surface area (Å²) in [6.07, 6.45) is 0. The molecule has 0 saturated carbocycles. The topological polar surface area (TPSA) is 101 Å². The molecule has 12 heteroatoms. The van der Waals surface area contributed by atoms with Crippen molar-refractivity contribution in [2.45, 2.75) is 0 Å². The minimum Gasteiger partial charge on any atom is -0.277 e. The molecule has 0 saturated heterocycles. The molecule has 0 atom stereocenters. The molecule has 2 aromatic carbocycles. The summed E-state index contributed by atoms with van der Waals surface area (Å²) in [6, 6.07) is 7.67. The molecule has 0 bridgehead atoms. The molecule has 2 aliphatic heterocycles. The average Bonchev–Trinajstić information content (AvgIpc) is 3.72. The first-order valence-corrected chi connectivity index (χ1v) is 14.7. The van der Waals surface area contributed by atoms with E-state index in [1.807, 2.05) is 35.0 Å². The van der Waals surface area contributed by atoms with Crippen LogP contribution in [0.4, 0.5) is 0 Å². The van der Waals surface area contributed by atoms with Crippen molar-refractivity contribution in [2.75, 3.05) is 14.1 Å². The zero-order chi connectivity index (χ0) is 26.0. The second-order valence-electron chi connectivity index (χ2n) is 8.94. The van der Waals surface area contributed by atoms with Gasteiger partial charge in [-0.25, -0.2) is 9.97 Å². The van der Waals surface area contributed by atoms with E-state index in [1.165, 1.54) is 59.4 Å². The van der Waals surface area contributed by atoms with E-state index in [2.05, 4.69) is 0 Å². The van der Waals surface area contributed by atoms with Crippen molar-refractivity contribution in [2.24, 2.45) is 0 Å². The number of rotatable bonds is 2. The highest BCUT2D eigenvalue weighted by Crippen LogP contribution is 2.50. The fraction of sp³-hybridized carbons (Fsp3) is 0.0769. The van der Waals surface area contributed by atoms with Gasteiger partial charge in [-0.3, -0.25) is 29.0 Å². The van der Waals surface area contributed by atoms with Crippen molar-refractivity contribution in [3.63, 3.8) is 0 Å². The molecule has 4 aromatic heterocycles. The van der Waals surface area contributed by atoms with Crippen LogP contribution in [0, 0.1) is 0 Å². The predicted octanol–water partition coefficient (Wildman–Crippen LogP) is 5.97. The van der Waals surface area contributed by atoms with Gasteiger partial charge < -0.3 is 0 Å². The van der Waals surface area contributed by atoms with Gasteiger partial charge in [0.15, 0.2) is 0 Å². The largest absolute Gasteiger partial charge is 0.277 e. The van der Waals surface area contributed by atoms with E-state index in [0.717, 1.165) is 19.6 Å². The lowest BCUT2D eigenvalue weighted by Crippen LogP contribution is -2.40. The lowest BCUT2D eigenvalue weighted by Gasteiger charge is -2.30. The van der Waals surface area contributed by atoms with Crippen LogP contribution in [0.15, 0.2) is 35.0 Å². The van der Waals surface area contributed by atoms with Crippen molar-refractivity contribution in [3.8, 4) is 19.8 Å². The Labute approximate surface area is 229 Å². The minimum atomic E-state index is -0.514. The lowest BCUT2D eigenvalue weighted by atomic mass is 9.84. The second-order valence-corrected chi connectivity index (χ2v) is 12.8. The van der Waals surface area contributed by atoms with Crippen LogP contribution in [-0.2, 0) is 0 Å². The predicted molar refractivity (Wildman–Crippen MR) is 150 cm³/mol. The summed E-state index contributed by atoms with van der Waals surface area (Å²) in [6.45, 7) is 0. The summed E-state index contributed by atoms with van der Waals surface area (Å²) in [7, 11) is 2.89. The van der Waals surface area contributed by atoms with Gasteiger partial charge >= 0.3 is 0 Å². The van der Waals surface area contributed by atoms with Crippen LogP contribution in [-0.4, -0.2) is 57.5 Å². The number of imide groups is 2. The van der Waals surface area contributed by atoms with Gasteiger partial charge in [-0.2, -0.15) is 0 Å². The summed E-state index contributed by atoms with van der Waals surface area (Å²) in [4.78, 5) is 68.4. The highest BCUT2D eigenvalue weighted by atomic mass is 32.1. The number of benzene rings is 2. The number of nitrogens with zero attached hydrogens (tertiary/aromatic N) is 4. The molecule has 6 heterocycles. The first-order valence-electron chi connectivity index (χ1n) is 11.4. The van der Waals surface area contributed by atoms with Crippen molar-refractivity contribution < 1.29 is 19.2 Å². The van der Waals surface area contributed by atoms with E-state index in [0.29, 0.717) is 52.3 Å². The van der Waals surface area contributed by atoms with Crippen LogP contribution in [0.3, 0.4) is 0 Å². The van der Waals surface area contributed by atoms with E-state index in [1.54, 1.807) is 0 Å². The molecule has 0 unspecified atom stereocenters. The van der Waals surface area contributed by atoms with Gasteiger partial charge in [0.25, 0.3) is 23.6 Å². The van der Waals surface area contributed by atoms with Crippen molar-refractivity contribution >= 4 is 100 Å². The monoisotopic (exact) mass is 572 g/mol. The molecule has 184 valence electrons. The third-order valence-electron chi connectivity index (χ3n) is 6.97. The SMILES string of the molecule is CN1C(=O)c2c3nc(-c4cccs4)sc3c3c4c(c5sc(-c6cccs6)nc5c(c24)C1=O)C(=O)N(C)C3=O. The molecule has 0 spiro atoms. The molecule has 38 heavy (non-hydrogen) atoms. The van der Waals surface area contributed by atoms with Crippen molar-refractivity contribution in [1.82, 2.24) is 19.8 Å². The van der Waals surface area contributed by atoms with Gasteiger partial charge in [0.1, 0.15) is 10.0 Å². The lowest BCUT2D eigenvalue weighted by molar-refractivity contribution is 0.0633. The van der Waals surface area contributed by atoms with E-state index in [-0.39, 0.29) is 11.1 Å². The third kappa shape index (κ3) is 2.57. The summed E-state index contributed by atoms with van der Waals surface area (Å²) in [5, 5.41) is 5.84. The first-order chi connectivity index (χ1) is 18.4. The zero-order valence-corrected chi connectivity index (χ0v) is 22.8. The van der Waals surface area contributed by atoms with Gasteiger partial charge in [-0.1, -0.05) is 12.1 Å². The Balaban J connectivity index is 1.66. The summed E-state index contributed by atoms with van der Waals surface area (Å²) >= 11 is 5.65. The quantitative estimate of drug-likeness (QED) is 0.237. The number of hydrogen-bond donors (Lipinski definition) is 0. The summed E-state index contributed by atoms with van der Waals surface area (Å²) < 4.78 is 1.07. The maximum atomic E-state index is 13.7. The normalized spacial score (nSPS) is 15.2. The Kier molecular flexibility index (Phi) is 4.31. The van der Waals surface area contributed by atoms with Crippen LogP contribution >= 0.6 is 45.3 Å². The molecule has 6 aromatic rings. The Hall–Kier alpha value is -3.84. The summed E-state index contributed by atoms with van der Waals surface area (Å²) in [5.74, 6) is -1.99. The van der Waals surface area contributed by atoms with E-state index in [4.69, 9.17) is 9.97 Å². The molecule has 0 radical (unpaired) electrons.